The Morgan fingerprint density at radius 2 is 2.10 bits per heavy atom. The molecule has 0 atom stereocenters. The third-order valence-electron chi connectivity index (χ3n) is 2.99. The van der Waals surface area contributed by atoms with Gasteiger partial charge in [0.15, 0.2) is 11.5 Å². The Bertz CT molecular complexity index is 632. The summed E-state index contributed by atoms with van der Waals surface area (Å²) in [7, 11) is 3.07. The number of aryl methyl sites for hydroxylation is 1. The molecule has 1 heterocycles. The lowest BCUT2D eigenvalue weighted by atomic mass is 10.0. The summed E-state index contributed by atoms with van der Waals surface area (Å²) in [6.07, 6.45) is 0.741. The fourth-order valence-corrected chi connectivity index (χ4v) is 2.04. The lowest BCUT2D eigenvalue weighted by molar-refractivity contribution is 0.0652. The highest BCUT2D eigenvalue weighted by atomic mass is 16.5. The first-order chi connectivity index (χ1) is 9.62. The van der Waals surface area contributed by atoms with E-state index in [9.17, 15) is 4.79 Å². The van der Waals surface area contributed by atoms with Crippen molar-refractivity contribution >= 4 is 5.97 Å². The fraction of sp³-hybridized carbons (Fsp3) is 0.286. The highest BCUT2D eigenvalue weighted by Gasteiger charge is 2.21. The standard InChI is InChI=1S/C14H15NO5/c1-4-8-5-6-10(18-2)13(19-3)12(8)9-7-11(14(16)17)20-15-9/h5-7H,4H2,1-3H3,(H,16,17). The Kier molecular flexibility index (Phi) is 3.93. The number of carboxylic acid groups (broad SMARTS) is 1. The quantitative estimate of drug-likeness (QED) is 0.904. The Balaban J connectivity index is 2.65. The molecule has 2 aromatic rings. The van der Waals surface area contributed by atoms with Crippen LogP contribution in [0, 0.1) is 0 Å². The van der Waals surface area contributed by atoms with Crippen LogP contribution in [0.2, 0.25) is 0 Å². The molecule has 0 aliphatic carbocycles. The molecule has 6 nitrogen and oxygen atoms in total. The monoisotopic (exact) mass is 277 g/mol. The molecule has 0 bridgehead atoms. The number of hydrogen-bond donors (Lipinski definition) is 1. The number of carbonyl (C=O) groups is 1. The lowest BCUT2D eigenvalue weighted by Gasteiger charge is -2.14. The number of ether oxygens (including phenoxy) is 2. The molecule has 0 unspecified atom stereocenters. The molecule has 2 rings (SSSR count). The predicted molar refractivity (Wildman–Crippen MR) is 71.4 cm³/mol. The van der Waals surface area contributed by atoms with Gasteiger partial charge < -0.3 is 19.1 Å². The van der Waals surface area contributed by atoms with Gasteiger partial charge in [0.1, 0.15) is 5.69 Å². The number of methoxy groups -OCH3 is 2. The highest BCUT2D eigenvalue weighted by molar-refractivity contribution is 5.86. The summed E-state index contributed by atoms with van der Waals surface area (Å²) < 4.78 is 15.4. The first kappa shape index (κ1) is 13.9. The number of carboxylic acids is 1. The van der Waals surface area contributed by atoms with Gasteiger partial charge in [-0.1, -0.05) is 18.1 Å². The second-order valence-electron chi connectivity index (χ2n) is 4.07. The molecule has 0 saturated carbocycles. The van der Waals surface area contributed by atoms with Gasteiger partial charge in [0.2, 0.25) is 5.76 Å². The minimum absolute atomic E-state index is 0.216. The molecule has 0 spiro atoms. The van der Waals surface area contributed by atoms with E-state index in [0.29, 0.717) is 22.8 Å². The van der Waals surface area contributed by atoms with Crippen molar-refractivity contribution in [3.63, 3.8) is 0 Å². The van der Waals surface area contributed by atoms with Crippen molar-refractivity contribution in [3.8, 4) is 22.8 Å². The van der Waals surface area contributed by atoms with Crippen LogP contribution in [-0.4, -0.2) is 30.5 Å². The molecule has 0 fully saturated rings. The van der Waals surface area contributed by atoms with Crippen LogP contribution in [0.1, 0.15) is 23.0 Å². The van der Waals surface area contributed by atoms with Crippen molar-refractivity contribution in [3.05, 3.63) is 29.5 Å². The summed E-state index contributed by atoms with van der Waals surface area (Å²) in [6, 6.07) is 5.07. The van der Waals surface area contributed by atoms with Crippen LogP contribution >= 0.6 is 0 Å². The number of hydrogen-bond acceptors (Lipinski definition) is 5. The molecule has 1 N–H and O–H groups in total. The average molecular weight is 277 g/mol. The molecule has 20 heavy (non-hydrogen) atoms. The molecular formula is C14H15NO5. The number of nitrogens with zero attached hydrogens (tertiary/aromatic N) is 1. The minimum Gasteiger partial charge on any atom is -0.493 e. The summed E-state index contributed by atoms with van der Waals surface area (Å²) in [5.74, 6) is -0.313. The van der Waals surface area contributed by atoms with Crippen LogP contribution in [0.25, 0.3) is 11.3 Å². The van der Waals surface area contributed by atoms with E-state index >= 15 is 0 Å². The van der Waals surface area contributed by atoms with E-state index in [2.05, 4.69) is 5.16 Å². The maximum atomic E-state index is 10.9. The number of aromatic carboxylic acids is 1. The summed E-state index contributed by atoms with van der Waals surface area (Å²) in [4.78, 5) is 10.9. The third kappa shape index (κ3) is 2.32. The molecule has 0 saturated heterocycles. The number of rotatable bonds is 5. The van der Waals surface area contributed by atoms with Gasteiger partial charge in [-0.15, -0.1) is 0 Å². The fourth-order valence-electron chi connectivity index (χ4n) is 2.04. The number of benzene rings is 1. The van der Waals surface area contributed by atoms with E-state index in [1.165, 1.54) is 13.2 Å². The second kappa shape index (κ2) is 5.64. The van der Waals surface area contributed by atoms with Crippen LogP contribution in [-0.2, 0) is 6.42 Å². The van der Waals surface area contributed by atoms with Gasteiger partial charge >= 0.3 is 5.97 Å². The van der Waals surface area contributed by atoms with Crippen LogP contribution in [0.5, 0.6) is 11.5 Å². The molecule has 1 aromatic carbocycles. The summed E-state index contributed by atoms with van der Waals surface area (Å²) in [5, 5.41) is 12.7. The molecule has 0 amide bonds. The first-order valence-corrected chi connectivity index (χ1v) is 6.06. The largest absolute Gasteiger partial charge is 0.493 e. The first-order valence-electron chi connectivity index (χ1n) is 6.06. The second-order valence-corrected chi connectivity index (χ2v) is 4.07. The van der Waals surface area contributed by atoms with Crippen molar-refractivity contribution in [2.45, 2.75) is 13.3 Å². The van der Waals surface area contributed by atoms with Gasteiger partial charge in [0.05, 0.1) is 19.8 Å². The van der Waals surface area contributed by atoms with E-state index in [-0.39, 0.29) is 5.76 Å². The number of aromatic nitrogens is 1. The normalized spacial score (nSPS) is 10.3. The lowest BCUT2D eigenvalue weighted by Crippen LogP contribution is -1.97. The van der Waals surface area contributed by atoms with E-state index < -0.39 is 5.97 Å². The summed E-state index contributed by atoms with van der Waals surface area (Å²) in [5.41, 5.74) is 2.06. The summed E-state index contributed by atoms with van der Waals surface area (Å²) in [6.45, 7) is 1.99. The van der Waals surface area contributed by atoms with Crippen molar-refractivity contribution in [1.29, 1.82) is 0 Å². The maximum Gasteiger partial charge on any atom is 0.374 e. The Hall–Kier alpha value is -2.50. The van der Waals surface area contributed by atoms with Gasteiger partial charge in [0.25, 0.3) is 0 Å². The van der Waals surface area contributed by atoms with Gasteiger partial charge in [-0.25, -0.2) is 4.79 Å². The smallest absolute Gasteiger partial charge is 0.374 e. The van der Waals surface area contributed by atoms with Crippen LogP contribution in [0.4, 0.5) is 0 Å². The van der Waals surface area contributed by atoms with Crippen molar-refractivity contribution < 1.29 is 23.9 Å². The zero-order valence-electron chi connectivity index (χ0n) is 11.5. The highest BCUT2D eigenvalue weighted by Crippen LogP contribution is 2.40. The Morgan fingerprint density at radius 1 is 1.35 bits per heavy atom. The topological polar surface area (TPSA) is 81.8 Å². The van der Waals surface area contributed by atoms with Crippen LogP contribution < -0.4 is 9.47 Å². The SMILES string of the molecule is CCc1ccc(OC)c(OC)c1-c1cc(C(=O)O)on1. The Labute approximate surface area is 115 Å². The molecular weight excluding hydrogens is 262 g/mol. The van der Waals surface area contributed by atoms with Gasteiger partial charge in [-0.05, 0) is 18.1 Å². The van der Waals surface area contributed by atoms with E-state index in [0.717, 1.165) is 12.0 Å². The molecule has 0 aliphatic rings. The molecule has 6 heteroatoms. The molecule has 0 radical (unpaired) electrons. The average Bonchev–Trinajstić information content (AvgIpc) is 2.95. The van der Waals surface area contributed by atoms with E-state index in [1.807, 2.05) is 13.0 Å². The van der Waals surface area contributed by atoms with E-state index in [4.69, 9.17) is 19.1 Å². The predicted octanol–water partition coefficient (Wildman–Crippen LogP) is 2.62. The molecule has 0 aliphatic heterocycles. The summed E-state index contributed by atoms with van der Waals surface area (Å²) >= 11 is 0. The van der Waals surface area contributed by atoms with Gasteiger partial charge in [-0.3, -0.25) is 0 Å². The van der Waals surface area contributed by atoms with Crippen molar-refractivity contribution in [1.82, 2.24) is 5.16 Å². The van der Waals surface area contributed by atoms with Crippen molar-refractivity contribution in [2.75, 3.05) is 14.2 Å². The van der Waals surface area contributed by atoms with Gasteiger partial charge in [-0.2, -0.15) is 0 Å². The zero-order chi connectivity index (χ0) is 14.7. The third-order valence-corrected chi connectivity index (χ3v) is 2.99. The van der Waals surface area contributed by atoms with Gasteiger partial charge in [0, 0.05) is 6.07 Å². The maximum absolute atomic E-state index is 10.9. The van der Waals surface area contributed by atoms with Crippen molar-refractivity contribution in [2.24, 2.45) is 0 Å². The Morgan fingerprint density at radius 3 is 2.60 bits per heavy atom. The zero-order valence-corrected chi connectivity index (χ0v) is 11.5. The van der Waals surface area contributed by atoms with Crippen LogP contribution in [0.15, 0.2) is 22.7 Å². The van der Waals surface area contributed by atoms with E-state index in [1.54, 1.807) is 13.2 Å². The minimum atomic E-state index is -1.16. The molecule has 1 aromatic heterocycles. The van der Waals surface area contributed by atoms with Crippen LogP contribution in [0.3, 0.4) is 0 Å². The molecule has 106 valence electrons.